The van der Waals surface area contributed by atoms with Crippen LogP contribution in [-0.4, -0.2) is 22.9 Å². The number of phenols is 1. The Kier molecular flexibility index (Phi) is 5.35. The number of aliphatic hydroxyl groups excluding tert-OH is 1. The van der Waals surface area contributed by atoms with E-state index in [1.807, 2.05) is 6.92 Å². The lowest BCUT2D eigenvalue weighted by Crippen LogP contribution is -2.31. The highest BCUT2D eigenvalue weighted by Gasteiger charge is 2.10. The zero-order valence-electron chi connectivity index (χ0n) is 9.00. The Bertz CT molecular complexity index is 354. The normalized spacial score (nSPS) is 12.8. The van der Waals surface area contributed by atoms with Gasteiger partial charge >= 0.3 is 0 Å². The van der Waals surface area contributed by atoms with Crippen molar-refractivity contribution in [3.8, 4) is 5.75 Å². The van der Waals surface area contributed by atoms with Crippen molar-refractivity contribution in [2.24, 2.45) is 0 Å². The van der Waals surface area contributed by atoms with E-state index in [4.69, 9.17) is 28.3 Å². The Hall–Kier alpha value is -0.480. The van der Waals surface area contributed by atoms with Crippen LogP contribution < -0.4 is 5.32 Å². The number of aromatic hydroxyl groups is 1. The van der Waals surface area contributed by atoms with E-state index in [1.54, 1.807) is 6.07 Å². The van der Waals surface area contributed by atoms with Crippen LogP contribution in [-0.2, 0) is 6.54 Å². The molecule has 1 aromatic rings. The van der Waals surface area contributed by atoms with Crippen molar-refractivity contribution in [1.82, 2.24) is 5.32 Å². The SMILES string of the molecule is CC[C@@H](CO)NCc1cc(Cl)cc(Cl)c1O. The van der Waals surface area contributed by atoms with Gasteiger partial charge in [0.1, 0.15) is 5.75 Å². The first-order chi connectivity index (χ1) is 7.58. The molecule has 90 valence electrons. The highest BCUT2D eigenvalue weighted by Crippen LogP contribution is 2.31. The van der Waals surface area contributed by atoms with E-state index in [0.717, 1.165) is 6.42 Å². The molecule has 0 saturated heterocycles. The molecule has 0 amide bonds. The van der Waals surface area contributed by atoms with Crippen LogP contribution >= 0.6 is 23.2 Å². The predicted molar refractivity (Wildman–Crippen MR) is 66.1 cm³/mol. The van der Waals surface area contributed by atoms with Gasteiger partial charge in [-0.2, -0.15) is 0 Å². The molecule has 1 atom stereocenters. The number of hydrogen-bond donors (Lipinski definition) is 3. The number of halogens is 2. The van der Waals surface area contributed by atoms with Crippen LogP contribution in [0.3, 0.4) is 0 Å². The van der Waals surface area contributed by atoms with Gasteiger partial charge in [0.2, 0.25) is 0 Å². The Morgan fingerprint density at radius 1 is 1.38 bits per heavy atom. The molecule has 0 spiro atoms. The summed E-state index contributed by atoms with van der Waals surface area (Å²) in [7, 11) is 0. The van der Waals surface area contributed by atoms with Crippen LogP contribution in [0.2, 0.25) is 10.0 Å². The molecule has 0 aromatic heterocycles. The summed E-state index contributed by atoms with van der Waals surface area (Å²) in [6.45, 7) is 2.45. The van der Waals surface area contributed by atoms with Crippen molar-refractivity contribution in [2.45, 2.75) is 25.9 Å². The first kappa shape index (κ1) is 13.6. The van der Waals surface area contributed by atoms with E-state index in [-0.39, 0.29) is 23.4 Å². The average molecular weight is 264 g/mol. The molecule has 16 heavy (non-hydrogen) atoms. The van der Waals surface area contributed by atoms with Gasteiger partial charge in [-0.3, -0.25) is 0 Å². The first-order valence-electron chi connectivity index (χ1n) is 5.09. The van der Waals surface area contributed by atoms with Gasteiger partial charge in [-0.25, -0.2) is 0 Å². The van der Waals surface area contributed by atoms with Crippen molar-refractivity contribution >= 4 is 23.2 Å². The summed E-state index contributed by atoms with van der Waals surface area (Å²) < 4.78 is 0. The summed E-state index contributed by atoms with van der Waals surface area (Å²) in [4.78, 5) is 0. The number of benzene rings is 1. The summed E-state index contributed by atoms with van der Waals surface area (Å²) in [5.41, 5.74) is 0.629. The molecule has 3 N–H and O–H groups in total. The molecule has 1 rings (SSSR count). The standard InChI is InChI=1S/C11H15Cl2NO2/c1-2-9(6-15)14-5-7-3-8(12)4-10(13)11(7)16/h3-4,9,14-16H,2,5-6H2,1H3/t9-/m0/s1. The summed E-state index contributed by atoms with van der Waals surface area (Å²) in [5.74, 6) is 0.0337. The minimum absolute atomic E-state index is 0.0113. The van der Waals surface area contributed by atoms with E-state index in [2.05, 4.69) is 5.32 Å². The zero-order valence-corrected chi connectivity index (χ0v) is 10.5. The highest BCUT2D eigenvalue weighted by molar-refractivity contribution is 6.35. The molecule has 0 saturated carbocycles. The molecular weight excluding hydrogens is 249 g/mol. The topological polar surface area (TPSA) is 52.5 Å². The van der Waals surface area contributed by atoms with Gasteiger partial charge in [0.05, 0.1) is 11.6 Å². The summed E-state index contributed by atoms with van der Waals surface area (Å²) >= 11 is 11.6. The first-order valence-corrected chi connectivity index (χ1v) is 5.85. The van der Waals surface area contributed by atoms with Crippen molar-refractivity contribution in [1.29, 1.82) is 0 Å². The largest absolute Gasteiger partial charge is 0.506 e. The Morgan fingerprint density at radius 2 is 2.06 bits per heavy atom. The fourth-order valence-electron chi connectivity index (χ4n) is 1.35. The number of rotatable bonds is 5. The van der Waals surface area contributed by atoms with Gasteiger partial charge in [-0.1, -0.05) is 30.1 Å². The molecule has 0 unspecified atom stereocenters. The number of aliphatic hydroxyl groups is 1. The van der Waals surface area contributed by atoms with Gasteiger partial charge in [0.15, 0.2) is 0 Å². The summed E-state index contributed by atoms with van der Waals surface area (Å²) in [6.07, 6.45) is 0.811. The molecule has 0 heterocycles. The zero-order chi connectivity index (χ0) is 12.1. The van der Waals surface area contributed by atoms with Crippen LogP contribution in [0.15, 0.2) is 12.1 Å². The number of hydrogen-bond acceptors (Lipinski definition) is 3. The molecule has 0 aliphatic rings. The Labute approximate surface area is 105 Å². The van der Waals surface area contributed by atoms with Crippen LogP contribution in [0.5, 0.6) is 5.75 Å². The smallest absolute Gasteiger partial charge is 0.138 e. The van der Waals surface area contributed by atoms with Crippen molar-refractivity contribution in [3.63, 3.8) is 0 Å². The van der Waals surface area contributed by atoms with Gasteiger partial charge < -0.3 is 15.5 Å². The van der Waals surface area contributed by atoms with Crippen LogP contribution in [0, 0.1) is 0 Å². The Balaban J connectivity index is 2.73. The van der Waals surface area contributed by atoms with Crippen LogP contribution in [0.1, 0.15) is 18.9 Å². The van der Waals surface area contributed by atoms with Crippen molar-refractivity contribution in [3.05, 3.63) is 27.7 Å². The third-order valence-electron chi connectivity index (χ3n) is 2.40. The maximum Gasteiger partial charge on any atom is 0.138 e. The molecule has 0 fully saturated rings. The number of nitrogens with one attached hydrogen (secondary N) is 1. The minimum Gasteiger partial charge on any atom is -0.506 e. The van der Waals surface area contributed by atoms with E-state index in [0.29, 0.717) is 17.1 Å². The summed E-state index contributed by atoms with van der Waals surface area (Å²) in [5, 5.41) is 22.5. The fourth-order valence-corrected chi connectivity index (χ4v) is 1.88. The monoisotopic (exact) mass is 263 g/mol. The van der Waals surface area contributed by atoms with Gasteiger partial charge in [-0.05, 0) is 18.6 Å². The molecule has 0 aliphatic carbocycles. The molecule has 0 radical (unpaired) electrons. The molecular formula is C11H15Cl2NO2. The second kappa shape index (κ2) is 6.30. The van der Waals surface area contributed by atoms with E-state index < -0.39 is 0 Å². The maximum absolute atomic E-state index is 9.69. The van der Waals surface area contributed by atoms with Crippen molar-refractivity contribution < 1.29 is 10.2 Å². The summed E-state index contributed by atoms with van der Waals surface area (Å²) in [6, 6.07) is 3.16. The fraction of sp³-hybridized carbons (Fsp3) is 0.455. The molecule has 3 nitrogen and oxygen atoms in total. The average Bonchev–Trinajstić information content (AvgIpc) is 2.26. The maximum atomic E-state index is 9.69. The number of phenolic OH excluding ortho intramolecular Hbond substituents is 1. The van der Waals surface area contributed by atoms with E-state index in [9.17, 15) is 5.11 Å². The van der Waals surface area contributed by atoms with Crippen LogP contribution in [0.4, 0.5) is 0 Å². The van der Waals surface area contributed by atoms with E-state index >= 15 is 0 Å². The second-order valence-electron chi connectivity index (χ2n) is 3.56. The third-order valence-corrected chi connectivity index (χ3v) is 2.91. The minimum atomic E-state index is 0.0113. The van der Waals surface area contributed by atoms with Gasteiger partial charge in [0, 0.05) is 23.2 Å². The quantitative estimate of drug-likeness (QED) is 0.766. The van der Waals surface area contributed by atoms with E-state index in [1.165, 1.54) is 6.07 Å². The predicted octanol–water partition coefficient (Wildman–Crippen LogP) is 2.56. The lowest BCUT2D eigenvalue weighted by atomic mass is 10.1. The molecule has 0 bridgehead atoms. The van der Waals surface area contributed by atoms with Crippen LogP contribution in [0.25, 0.3) is 0 Å². The molecule has 1 aromatic carbocycles. The lowest BCUT2D eigenvalue weighted by molar-refractivity contribution is 0.238. The molecule has 0 aliphatic heterocycles. The van der Waals surface area contributed by atoms with Crippen molar-refractivity contribution in [2.75, 3.05) is 6.61 Å². The second-order valence-corrected chi connectivity index (χ2v) is 4.41. The third kappa shape index (κ3) is 3.52. The lowest BCUT2D eigenvalue weighted by Gasteiger charge is -2.15. The van der Waals surface area contributed by atoms with Gasteiger partial charge in [-0.15, -0.1) is 0 Å². The Morgan fingerprint density at radius 3 is 2.62 bits per heavy atom. The highest BCUT2D eigenvalue weighted by atomic mass is 35.5. The molecule has 5 heteroatoms. The van der Waals surface area contributed by atoms with Gasteiger partial charge in [0.25, 0.3) is 0 Å².